The molecule has 0 saturated carbocycles. The Labute approximate surface area is 98.2 Å². The molecule has 1 aliphatic rings. The predicted molar refractivity (Wildman–Crippen MR) is 61.8 cm³/mol. The van der Waals surface area contributed by atoms with Crippen molar-refractivity contribution in [1.29, 1.82) is 0 Å². The zero-order valence-electron chi connectivity index (χ0n) is 9.28. The summed E-state index contributed by atoms with van der Waals surface area (Å²) < 4.78 is 13.0. The van der Waals surface area contributed by atoms with Crippen LogP contribution in [0.3, 0.4) is 0 Å². The SMILES string of the molecule is Nc1cc(N2C(=O)CCCCC2=O)ccc1F. The average Bonchev–Trinajstić information content (AvgIpc) is 2.45. The summed E-state index contributed by atoms with van der Waals surface area (Å²) in [5.41, 5.74) is 5.72. The largest absolute Gasteiger partial charge is 0.396 e. The van der Waals surface area contributed by atoms with E-state index < -0.39 is 5.82 Å². The van der Waals surface area contributed by atoms with Crippen LogP contribution in [-0.4, -0.2) is 11.8 Å². The second-order valence-corrected chi connectivity index (χ2v) is 4.04. The number of nitrogens with two attached hydrogens (primary N) is 1. The highest BCUT2D eigenvalue weighted by Gasteiger charge is 2.25. The number of rotatable bonds is 1. The predicted octanol–water partition coefficient (Wildman–Crippen LogP) is 1.84. The fourth-order valence-corrected chi connectivity index (χ4v) is 1.87. The first-order valence-corrected chi connectivity index (χ1v) is 5.50. The van der Waals surface area contributed by atoms with E-state index in [9.17, 15) is 14.0 Å². The molecule has 2 N–H and O–H groups in total. The summed E-state index contributed by atoms with van der Waals surface area (Å²) in [6, 6.07) is 3.87. The number of hydrogen-bond acceptors (Lipinski definition) is 3. The maximum absolute atomic E-state index is 13.0. The zero-order valence-corrected chi connectivity index (χ0v) is 9.28. The van der Waals surface area contributed by atoms with Gasteiger partial charge in [-0.25, -0.2) is 4.39 Å². The third kappa shape index (κ3) is 2.27. The summed E-state index contributed by atoms with van der Waals surface area (Å²) in [6.07, 6.45) is 2.08. The van der Waals surface area contributed by atoms with Crippen LogP contribution in [0.2, 0.25) is 0 Å². The minimum atomic E-state index is -0.552. The third-order valence-electron chi connectivity index (χ3n) is 2.77. The van der Waals surface area contributed by atoms with Gasteiger partial charge < -0.3 is 5.73 Å². The lowest BCUT2D eigenvalue weighted by molar-refractivity contribution is -0.125. The summed E-state index contributed by atoms with van der Waals surface area (Å²) in [4.78, 5) is 24.7. The van der Waals surface area contributed by atoms with Crippen LogP contribution >= 0.6 is 0 Å². The molecule has 1 heterocycles. The van der Waals surface area contributed by atoms with Crippen LogP contribution in [0.4, 0.5) is 15.8 Å². The van der Waals surface area contributed by atoms with Crippen LogP contribution in [0.15, 0.2) is 18.2 Å². The topological polar surface area (TPSA) is 63.4 Å². The van der Waals surface area contributed by atoms with Crippen LogP contribution in [0, 0.1) is 5.82 Å². The maximum atomic E-state index is 13.0. The number of imide groups is 1. The Bertz CT molecular complexity index is 456. The van der Waals surface area contributed by atoms with E-state index >= 15 is 0 Å². The van der Waals surface area contributed by atoms with Gasteiger partial charge in [-0.15, -0.1) is 0 Å². The summed E-state index contributed by atoms with van der Waals surface area (Å²) in [6.45, 7) is 0. The van der Waals surface area contributed by atoms with Crippen molar-refractivity contribution < 1.29 is 14.0 Å². The van der Waals surface area contributed by atoms with E-state index in [1.165, 1.54) is 12.1 Å². The molecule has 0 radical (unpaired) electrons. The van der Waals surface area contributed by atoms with Gasteiger partial charge >= 0.3 is 0 Å². The van der Waals surface area contributed by atoms with Gasteiger partial charge in [-0.2, -0.15) is 0 Å². The Kier molecular flexibility index (Phi) is 3.08. The number of nitrogens with zero attached hydrogens (tertiary/aromatic N) is 1. The van der Waals surface area contributed by atoms with Crippen LogP contribution in [-0.2, 0) is 9.59 Å². The third-order valence-corrected chi connectivity index (χ3v) is 2.77. The van der Waals surface area contributed by atoms with Crippen molar-refractivity contribution in [2.75, 3.05) is 10.6 Å². The molecule has 0 aliphatic carbocycles. The first kappa shape index (κ1) is 11.6. The molecule has 1 fully saturated rings. The Morgan fingerprint density at radius 2 is 1.71 bits per heavy atom. The van der Waals surface area contributed by atoms with Crippen molar-refractivity contribution in [2.45, 2.75) is 25.7 Å². The van der Waals surface area contributed by atoms with E-state index in [1.54, 1.807) is 0 Å². The van der Waals surface area contributed by atoms with Gasteiger partial charge in [0.15, 0.2) is 0 Å². The Morgan fingerprint density at radius 1 is 1.12 bits per heavy atom. The molecule has 2 amide bonds. The lowest BCUT2D eigenvalue weighted by Crippen LogP contribution is -2.35. The van der Waals surface area contributed by atoms with Crippen molar-refractivity contribution in [3.05, 3.63) is 24.0 Å². The molecular weight excluding hydrogens is 223 g/mol. The molecule has 17 heavy (non-hydrogen) atoms. The Morgan fingerprint density at radius 3 is 2.24 bits per heavy atom. The van der Waals surface area contributed by atoms with E-state index in [0.717, 1.165) is 11.0 Å². The highest BCUT2D eigenvalue weighted by molar-refractivity contribution is 6.15. The van der Waals surface area contributed by atoms with Crippen molar-refractivity contribution in [3.8, 4) is 0 Å². The fraction of sp³-hybridized carbons (Fsp3) is 0.333. The molecule has 2 rings (SSSR count). The minimum absolute atomic E-state index is 0.0626. The lowest BCUT2D eigenvalue weighted by Gasteiger charge is -2.19. The number of carbonyl (C=O) groups excluding carboxylic acids is 2. The fourth-order valence-electron chi connectivity index (χ4n) is 1.87. The quantitative estimate of drug-likeness (QED) is 0.597. The lowest BCUT2D eigenvalue weighted by atomic mass is 10.2. The molecule has 1 aromatic carbocycles. The van der Waals surface area contributed by atoms with Gasteiger partial charge in [-0.3, -0.25) is 14.5 Å². The molecule has 0 atom stereocenters. The standard InChI is InChI=1S/C12H13FN2O2/c13-9-6-5-8(7-10(9)14)15-11(16)3-1-2-4-12(15)17/h5-7H,1-4,14H2. The highest BCUT2D eigenvalue weighted by atomic mass is 19.1. The Balaban J connectivity index is 2.38. The van der Waals surface area contributed by atoms with Crippen LogP contribution in [0.1, 0.15) is 25.7 Å². The molecule has 4 nitrogen and oxygen atoms in total. The van der Waals surface area contributed by atoms with Crippen LogP contribution in [0.5, 0.6) is 0 Å². The molecule has 0 bridgehead atoms. The van der Waals surface area contributed by atoms with E-state index in [1.807, 2.05) is 0 Å². The number of halogens is 1. The summed E-state index contributed by atoms with van der Waals surface area (Å²) in [7, 11) is 0. The number of benzene rings is 1. The average molecular weight is 236 g/mol. The number of nitrogen functional groups attached to an aromatic ring is 1. The number of amides is 2. The molecule has 1 saturated heterocycles. The summed E-state index contributed by atoms with van der Waals surface area (Å²) >= 11 is 0. The van der Waals surface area contributed by atoms with Gasteiger partial charge in [0.1, 0.15) is 5.82 Å². The molecule has 1 aromatic rings. The van der Waals surface area contributed by atoms with Gasteiger partial charge in [-0.1, -0.05) is 0 Å². The Hall–Kier alpha value is -1.91. The second-order valence-electron chi connectivity index (χ2n) is 4.04. The maximum Gasteiger partial charge on any atom is 0.233 e. The van der Waals surface area contributed by atoms with Gasteiger partial charge in [0.25, 0.3) is 0 Å². The number of hydrogen-bond donors (Lipinski definition) is 1. The smallest absolute Gasteiger partial charge is 0.233 e. The molecule has 0 aromatic heterocycles. The molecule has 1 aliphatic heterocycles. The summed E-state index contributed by atoms with van der Waals surface area (Å²) in [5, 5.41) is 0. The van der Waals surface area contributed by atoms with E-state index in [4.69, 9.17) is 5.73 Å². The van der Waals surface area contributed by atoms with Crippen LogP contribution < -0.4 is 10.6 Å². The summed E-state index contributed by atoms with van der Waals surface area (Å²) in [5.74, 6) is -1.06. The van der Waals surface area contributed by atoms with Gasteiger partial charge in [0, 0.05) is 12.8 Å². The van der Waals surface area contributed by atoms with E-state index in [0.29, 0.717) is 31.4 Å². The minimum Gasteiger partial charge on any atom is -0.396 e. The second kappa shape index (κ2) is 4.53. The first-order chi connectivity index (χ1) is 8.09. The number of anilines is 2. The molecule has 0 unspecified atom stereocenters. The zero-order chi connectivity index (χ0) is 12.4. The highest BCUT2D eigenvalue weighted by Crippen LogP contribution is 2.24. The van der Waals surface area contributed by atoms with Gasteiger partial charge in [0.2, 0.25) is 11.8 Å². The van der Waals surface area contributed by atoms with E-state index in [2.05, 4.69) is 0 Å². The molecule has 90 valence electrons. The molecule has 5 heteroatoms. The monoisotopic (exact) mass is 236 g/mol. The van der Waals surface area contributed by atoms with Gasteiger partial charge in [-0.05, 0) is 31.0 Å². The molecular formula is C12H13FN2O2. The van der Waals surface area contributed by atoms with Crippen molar-refractivity contribution >= 4 is 23.2 Å². The first-order valence-electron chi connectivity index (χ1n) is 5.50. The number of carbonyl (C=O) groups is 2. The van der Waals surface area contributed by atoms with Crippen molar-refractivity contribution in [3.63, 3.8) is 0 Å². The van der Waals surface area contributed by atoms with Crippen LogP contribution in [0.25, 0.3) is 0 Å². The normalized spacial score (nSPS) is 17.1. The van der Waals surface area contributed by atoms with E-state index in [-0.39, 0.29) is 17.5 Å². The molecule has 0 spiro atoms. The van der Waals surface area contributed by atoms with Crippen molar-refractivity contribution in [1.82, 2.24) is 0 Å². The van der Waals surface area contributed by atoms with Crippen molar-refractivity contribution in [2.24, 2.45) is 0 Å². The van der Waals surface area contributed by atoms with Gasteiger partial charge in [0.05, 0.1) is 11.4 Å².